The molecule has 0 aromatic carbocycles. The van der Waals surface area contributed by atoms with Gasteiger partial charge in [0.25, 0.3) is 0 Å². The summed E-state index contributed by atoms with van der Waals surface area (Å²) < 4.78 is 0. The summed E-state index contributed by atoms with van der Waals surface area (Å²) in [7, 11) is 0. The van der Waals surface area contributed by atoms with Gasteiger partial charge in [0, 0.05) is 2.85 Å². The Morgan fingerprint density at radius 1 is 0.625 bits per heavy atom. The molecule has 1 heteroatoms. The maximum atomic E-state index is 2.46. The molecule has 2 N–H and O–H groups in total. The number of rotatable bonds is 3. The van der Waals surface area contributed by atoms with Gasteiger partial charge in [0.05, 0.1) is 0 Å². The van der Waals surface area contributed by atoms with Gasteiger partial charge in [-0.15, -0.1) is 0 Å². The van der Waals surface area contributed by atoms with Gasteiger partial charge in [-0.2, -0.15) is 0 Å². The lowest BCUT2D eigenvalue weighted by Gasteiger charge is -2.41. The molecule has 3 rings (SSSR count). The molecule has 0 unspecified atom stereocenters. The Morgan fingerprint density at radius 2 is 0.958 bits per heavy atom. The topological polar surface area (TPSA) is 31.5 Å². The highest BCUT2D eigenvalue weighted by atomic mass is 16.0. The summed E-state index contributed by atoms with van der Waals surface area (Å²) in [5, 5.41) is 0. The second kappa shape index (κ2) is 10.6. The number of hydrogen-bond acceptors (Lipinski definition) is 0. The fraction of sp³-hybridized carbons (Fsp3) is 0.913. The molecule has 3 saturated carbocycles. The molecule has 0 radical (unpaired) electrons. The monoisotopic (exact) mass is 340 g/mol. The molecule has 0 aromatic rings. The molecule has 3 aliphatic carbocycles. The number of allylic oxidation sites excluding steroid dienone is 2. The average Bonchev–Trinajstić information content (AvgIpc) is 2.57. The molecule has 3 fully saturated rings. The first-order valence-electron chi connectivity index (χ1n) is 10.4. The molecular weight excluding hydrogens is 292 g/mol. The van der Waals surface area contributed by atoms with Gasteiger partial charge in [-0.1, -0.05) is 39.3 Å². The molecule has 0 bridgehead atoms. The summed E-state index contributed by atoms with van der Waals surface area (Å²) in [6, 6.07) is 0. The van der Waals surface area contributed by atoms with E-state index in [1.807, 2.05) is 0 Å². The van der Waals surface area contributed by atoms with E-state index >= 15 is 0 Å². The summed E-state index contributed by atoms with van der Waals surface area (Å²) in [6.45, 7) is 4.64. The zero-order valence-corrected chi connectivity index (χ0v) is 15.6. The molecule has 146 valence electrons. The highest BCUT2D eigenvalue weighted by molar-refractivity contribution is 4.91. The molecule has 0 heterocycles. The maximum absolute atomic E-state index is 2.46. The van der Waals surface area contributed by atoms with Gasteiger partial charge < -0.3 is 5.48 Å². The van der Waals surface area contributed by atoms with E-state index in [9.17, 15) is 0 Å². The van der Waals surface area contributed by atoms with Crippen LogP contribution < -0.4 is 0 Å². The van der Waals surface area contributed by atoms with E-state index in [2.05, 4.69) is 26.0 Å². The van der Waals surface area contributed by atoms with E-state index in [1.54, 1.807) is 38.5 Å². The van der Waals surface area contributed by atoms with Crippen LogP contribution in [0.4, 0.5) is 0 Å². The fourth-order valence-electron chi connectivity index (χ4n) is 5.93. The van der Waals surface area contributed by atoms with Gasteiger partial charge in [0.1, 0.15) is 0 Å². The first-order chi connectivity index (χ1) is 10.8. The molecule has 24 heavy (non-hydrogen) atoms. The zero-order chi connectivity index (χ0) is 15.4. The quantitative estimate of drug-likeness (QED) is 0.482. The largest absolute Gasteiger partial charge is 0.412 e. The standard InChI is InChI=1S/C22H38.CH4.H2O.2H2/c1-3-4-18-7-11-20(12-8-18)22-15-13-21(14-16-22)19-9-5-17(2)6-10-19;;;;/h3-4,17-22H,5-16H2,1-2H3;1H4;1H2;2*1H/b4-3+;;;;. The van der Waals surface area contributed by atoms with Crippen molar-refractivity contribution < 1.29 is 8.33 Å². The highest BCUT2D eigenvalue weighted by Crippen LogP contribution is 2.45. The van der Waals surface area contributed by atoms with Crippen molar-refractivity contribution in [2.45, 2.75) is 98.3 Å². The van der Waals surface area contributed by atoms with E-state index in [0.717, 1.165) is 35.5 Å². The van der Waals surface area contributed by atoms with Gasteiger partial charge in [-0.05, 0) is 107 Å². The lowest BCUT2D eigenvalue weighted by atomic mass is 9.65. The molecular formula is C23H48O. The lowest BCUT2D eigenvalue weighted by molar-refractivity contribution is 0.110. The van der Waals surface area contributed by atoms with Crippen molar-refractivity contribution in [3.63, 3.8) is 0 Å². The molecule has 3 aliphatic rings. The van der Waals surface area contributed by atoms with Crippen LogP contribution >= 0.6 is 0 Å². The van der Waals surface area contributed by atoms with Crippen LogP contribution in [0.1, 0.15) is 101 Å². The smallest absolute Gasteiger partial charge is 0 e. The van der Waals surface area contributed by atoms with Crippen molar-refractivity contribution in [3.8, 4) is 0 Å². The van der Waals surface area contributed by atoms with E-state index < -0.39 is 0 Å². The van der Waals surface area contributed by atoms with Crippen LogP contribution in [0.15, 0.2) is 12.2 Å². The van der Waals surface area contributed by atoms with Crippen LogP contribution in [0.5, 0.6) is 0 Å². The van der Waals surface area contributed by atoms with Crippen molar-refractivity contribution in [3.05, 3.63) is 12.2 Å². The summed E-state index contributed by atoms with van der Waals surface area (Å²) in [5.41, 5.74) is 0. The summed E-state index contributed by atoms with van der Waals surface area (Å²) in [5.74, 6) is 6.28. The maximum Gasteiger partial charge on any atom is 0 e. The van der Waals surface area contributed by atoms with Gasteiger partial charge in [-0.25, -0.2) is 0 Å². The summed E-state index contributed by atoms with van der Waals surface area (Å²) in [6.07, 6.45) is 23.1. The van der Waals surface area contributed by atoms with Crippen LogP contribution in [0.3, 0.4) is 0 Å². The Balaban J connectivity index is 0. The second-order valence-electron chi connectivity index (χ2n) is 8.90. The molecule has 0 saturated heterocycles. The third kappa shape index (κ3) is 5.61. The van der Waals surface area contributed by atoms with Crippen LogP contribution in [0.25, 0.3) is 0 Å². The molecule has 0 aliphatic heterocycles. The third-order valence-electron chi connectivity index (χ3n) is 7.49. The SMILES string of the molecule is C.C/C=C/C1CCC(C2CCC(C3CCC(C)CC3)CC2)CC1.O.[HH].[HH]. The Kier molecular flexibility index (Phi) is 9.64. The van der Waals surface area contributed by atoms with Crippen molar-refractivity contribution in [1.29, 1.82) is 0 Å². The molecule has 0 amide bonds. The summed E-state index contributed by atoms with van der Waals surface area (Å²) in [4.78, 5) is 0. The second-order valence-corrected chi connectivity index (χ2v) is 8.90. The van der Waals surface area contributed by atoms with Gasteiger partial charge in [0.2, 0.25) is 0 Å². The predicted molar refractivity (Wildman–Crippen MR) is 111 cm³/mol. The van der Waals surface area contributed by atoms with Crippen molar-refractivity contribution in [2.24, 2.45) is 35.5 Å². The van der Waals surface area contributed by atoms with Crippen molar-refractivity contribution in [2.75, 3.05) is 0 Å². The van der Waals surface area contributed by atoms with E-state index in [4.69, 9.17) is 0 Å². The van der Waals surface area contributed by atoms with E-state index in [0.29, 0.717) is 0 Å². The highest BCUT2D eigenvalue weighted by Gasteiger charge is 2.33. The lowest BCUT2D eigenvalue weighted by Crippen LogP contribution is -2.29. The van der Waals surface area contributed by atoms with Gasteiger partial charge >= 0.3 is 0 Å². The molecule has 0 spiro atoms. The zero-order valence-electron chi connectivity index (χ0n) is 15.6. The first-order valence-corrected chi connectivity index (χ1v) is 10.4. The van der Waals surface area contributed by atoms with Gasteiger partial charge in [-0.3, -0.25) is 0 Å². The fourth-order valence-corrected chi connectivity index (χ4v) is 5.93. The van der Waals surface area contributed by atoms with Crippen LogP contribution in [0.2, 0.25) is 0 Å². The minimum absolute atomic E-state index is 0. The van der Waals surface area contributed by atoms with Crippen LogP contribution in [-0.2, 0) is 0 Å². The Bertz CT molecular complexity index is 347. The Morgan fingerprint density at radius 3 is 1.33 bits per heavy atom. The molecule has 0 aromatic heterocycles. The van der Waals surface area contributed by atoms with Crippen molar-refractivity contribution in [1.82, 2.24) is 0 Å². The summed E-state index contributed by atoms with van der Waals surface area (Å²) >= 11 is 0. The minimum atomic E-state index is 0. The third-order valence-corrected chi connectivity index (χ3v) is 7.49. The number of hydrogen-bond donors (Lipinski definition) is 0. The first kappa shape index (κ1) is 21.7. The van der Waals surface area contributed by atoms with E-state index in [1.165, 1.54) is 38.5 Å². The normalized spacial score (nSPS) is 40.6. The molecule has 0 atom stereocenters. The Labute approximate surface area is 155 Å². The van der Waals surface area contributed by atoms with Crippen molar-refractivity contribution >= 4 is 0 Å². The van der Waals surface area contributed by atoms with E-state index in [-0.39, 0.29) is 15.8 Å². The Hall–Kier alpha value is -0.300. The minimum Gasteiger partial charge on any atom is -0.412 e. The van der Waals surface area contributed by atoms with Crippen LogP contribution in [0, 0.1) is 35.5 Å². The average molecular weight is 341 g/mol. The van der Waals surface area contributed by atoms with Gasteiger partial charge in [0.15, 0.2) is 0 Å². The molecule has 1 nitrogen and oxygen atoms in total. The predicted octanol–water partition coefficient (Wildman–Crippen LogP) is 7.31. The van der Waals surface area contributed by atoms with Crippen LogP contribution in [-0.4, -0.2) is 5.48 Å².